The van der Waals surface area contributed by atoms with Crippen LogP contribution < -0.4 is 10.0 Å². The molecule has 0 radical (unpaired) electrons. The topological polar surface area (TPSA) is 92.3 Å². The molecule has 0 unspecified atom stereocenters. The van der Waals surface area contributed by atoms with E-state index in [-0.39, 0.29) is 21.3 Å². The van der Waals surface area contributed by atoms with Gasteiger partial charge in [0.2, 0.25) is 0 Å². The molecule has 0 saturated carbocycles. The Bertz CT molecular complexity index is 1290. The van der Waals surface area contributed by atoms with Crippen molar-refractivity contribution in [2.75, 3.05) is 10.0 Å². The lowest BCUT2D eigenvalue weighted by Gasteiger charge is -2.13. The fourth-order valence-electron chi connectivity index (χ4n) is 3.00. The molecule has 3 aromatic carbocycles. The second-order valence-corrected chi connectivity index (χ2v) is 9.22. The van der Waals surface area contributed by atoms with Gasteiger partial charge in [-0.15, -0.1) is 0 Å². The summed E-state index contributed by atoms with van der Waals surface area (Å²) in [6.07, 6.45) is 0. The quantitative estimate of drug-likeness (QED) is 0.498. The van der Waals surface area contributed by atoms with E-state index < -0.39 is 15.9 Å². The molecule has 0 saturated heterocycles. The highest BCUT2D eigenvalue weighted by molar-refractivity contribution is 7.92. The molecule has 1 amide bonds. The number of halogens is 1. The zero-order valence-corrected chi connectivity index (χ0v) is 18.8. The first-order chi connectivity index (χ1) is 14.6. The van der Waals surface area contributed by atoms with Crippen LogP contribution in [0.5, 0.6) is 0 Å². The Balaban J connectivity index is 1.89. The molecule has 6 nitrogen and oxygen atoms in total. The Kier molecular flexibility index (Phi) is 6.48. The molecule has 3 rings (SSSR count). The lowest BCUT2D eigenvalue weighted by Crippen LogP contribution is -2.17. The number of ketones is 1. The van der Waals surface area contributed by atoms with Gasteiger partial charge in [-0.2, -0.15) is 0 Å². The van der Waals surface area contributed by atoms with Gasteiger partial charge < -0.3 is 5.32 Å². The summed E-state index contributed by atoms with van der Waals surface area (Å²) < 4.78 is 28.4. The van der Waals surface area contributed by atoms with Gasteiger partial charge in [-0.05, 0) is 62.7 Å². The molecule has 0 fully saturated rings. The van der Waals surface area contributed by atoms with Crippen molar-refractivity contribution < 1.29 is 18.0 Å². The number of benzene rings is 3. The number of carbonyl (C=O) groups is 2. The van der Waals surface area contributed by atoms with E-state index >= 15 is 0 Å². The van der Waals surface area contributed by atoms with Crippen LogP contribution in [0.1, 0.15) is 38.8 Å². The lowest BCUT2D eigenvalue weighted by molar-refractivity contribution is 0.101. The van der Waals surface area contributed by atoms with E-state index in [4.69, 9.17) is 11.6 Å². The summed E-state index contributed by atoms with van der Waals surface area (Å²) in [6.45, 7) is 5.14. The largest absolute Gasteiger partial charge is 0.322 e. The van der Waals surface area contributed by atoms with Gasteiger partial charge in [0.25, 0.3) is 15.9 Å². The van der Waals surface area contributed by atoms with Gasteiger partial charge in [0.1, 0.15) is 4.90 Å². The summed E-state index contributed by atoms with van der Waals surface area (Å²) in [5.74, 6) is -0.659. The lowest BCUT2D eigenvalue weighted by atomic mass is 10.1. The average molecular weight is 457 g/mol. The minimum atomic E-state index is -4.03. The highest BCUT2D eigenvalue weighted by atomic mass is 35.5. The van der Waals surface area contributed by atoms with E-state index in [1.54, 1.807) is 43.3 Å². The van der Waals surface area contributed by atoms with Gasteiger partial charge in [-0.1, -0.05) is 41.4 Å². The predicted octanol–water partition coefficient (Wildman–Crippen LogP) is 5.21. The van der Waals surface area contributed by atoms with Gasteiger partial charge >= 0.3 is 0 Å². The number of sulfonamides is 1. The van der Waals surface area contributed by atoms with E-state index in [0.717, 1.165) is 11.1 Å². The minimum Gasteiger partial charge on any atom is -0.322 e. The van der Waals surface area contributed by atoms with Crippen LogP contribution in [0.15, 0.2) is 65.6 Å². The minimum absolute atomic E-state index is 0.00704. The molecule has 31 heavy (non-hydrogen) atoms. The van der Waals surface area contributed by atoms with Gasteiger partial charge in [0.05, 0.1) is 10.7 Å². The van der Waals surface area contributed by atoms with E-state index in [0.29, 0.717) is 16.9 Å². The zero-order chi connectivity index (χ0) is 22.8. The van der Waals surface area contributed by atoms with Gasteiger partial charge in [0, 0.05) is 16.8 Å². The molecule has 0 heterocycles. The van der Waals surface area contributed by atoms with Crippen molar-refractivity contribution in [3.63, 3.8) is 0 Å². The monoisotopic (exact) mass is 456 g/mol. The Labute approximate surface area is 186 Å². The van der Waals surface area contributed by atoms with Crippen LogP contribution in [0.4, 0.5) is 11.4 Å². The SMILES string of the molecule is CC(=O)c1cccc(NC(=O)c2ccc(Cl)c(S(=O)(=O)Nc3ccc(C)cc3C)c2)c1. The molecule has 0 atom stereocenters. The normalized spacial score (nSPS) is 11.1. The van der Waals surface area contributed by atoms with Crippen molar-refractivity contribution in [3.05, 3.63) is 87.9 Å². The standard InChI is InChI=1S/C23H21ClN2O4S/c1-14-7-10-21(15(2)11-14)26-31(29,30)22-13-18(8-9-20(22)24)23(28)25-19-6-4-5-17(12-19)16(3)27/h4-13,26H,1-3H3,(H,25,28). The van der Waals surface area contributed by atoms with Crippen LogP contribution in [-0.4, -0.2) is 20.1 Å². The molecule has 0 aliphatic carbocycles. The predicted molar refractivity (Wildman–Crippen MR) is 123 cm³/mol. The number of hydrogen-bond donors (Lipinski definition) is 2. The maximum absolute atomic E-state index is 12.9. The Morgan fingerprint density at radius 1 is 0.903 bits per heavy atom. The number of aryl methyl sites for hydroxylation is 2. The maximum atomic E-state index is 12.9. The molecule has 3 aromatic rings. The first-order valence-corrected chi connectivity index (χ1v) is 11.2. The number of rotatable bonds is 6. The van der Waals surface area contributed by atoms with Gasteiger partial charge in [-0.25, -0.2) is 8.42 Å². The molecule has 2 N–H and O–H groups in total. The summed E-state index contributed by atoms with van der Waals surface area (Å²) >= 11 is 6.14. The molecule has 0 aromatic heterocycles. The van der Waals surface area contributed by atoms with Crippen LogP contribution in [-0.2, 0) is 10.0 Å². The third-order valence-corrected chi connectivity index (χ3v) is 6.48. The Morgan fingerprint density at radius 2 is 1.65 bits per heavy atom. The van der Waals surface area contributed by atoms with Crippen LogP contribution in [0, 0.1) is 13.8 Å². The number of carbonyl (C=O) groups excluding carboxylic acids is 2. The van der Waals surface area contributed by atoms with Gasteiger partial charge in [-0.3, -0.25) is 14.3 Å². The highest BCUT2D eigenvalue weighted by Crippen LogP contribution is 2.27. The summed E-state index contributed by atoms with van der Waals surface area (Å²) in [5.41, 5.74) is 3.18. The smallest absolute Gasteiger partial charge is 0.263 e. The fraction of sp³-hybridized carbons (Fsp3) is 0.130. The van der Waals surface area contributed by atoms with Crippen molar-refractivity contribution >= 4 is 44.7 Å². The molecule has 160 valence electrons. The second kappa shape index (κ2) is 8.91. The highest BCUT2D eigenvalue weighted by Gasteiger charge is 2.21. The number of amides is 1. The average Bonchev–Trinajstić information content (AvgIpc) is 2.70. The van der Waals surface area contributed by atoms with E-state index in [1.807, 2.05) is 13.0 Å². The van der Waals surface area contributed by atoms with Crippen LogP contribution in [0.2, 0.25) is 5.02 Å². The number of Topliss-reactive ketones (excluding diaryl/α,β-unsaturated/α-hetero) is 1. The number of nitrogens with one attached hydrogen (secondary N) is 2. The molecular formula is C23H21ClN2O4S. The van der Waals surface area contributed by atoms with E-state index in [1.165, 1.54) is 25.1 Å². The molecule has 0 aliphatic rings. The molecule has 8 heteroatoms. The zero-order valence-electron chi connectivity index (χ0n) is 17.2. The molecule has 0 aliphatic heterocycles. The molecule has 0 spiro atoms. The van der Waals surface area contributed by atoms with Crippen molar-refractivity contribution in [2.24, 2.45) is 0 Å². The maximum Gasteiger partial charge on any atom is 0.263 e. The van der Waals surface area contributed by atoms with Crippen LogP contribution >= 0.6 is 11.6 Å². The van der Waals surface area contributed by atoms with Crippen molar-refractivity contribution in [1.82, 2.24) is 0 Å². The van der Waals surface area contributed by atoms with Gasteiger partial charge in [0.15, 0.2) is 5.78 Å². The number of anilines is 2. The molecular weight excluding hydrogens is 436 g/mol. The van der Waals surface area contributed by atoms with E-state index in [9.17, 15) is 18.0 Å². The summed E-state index contributed by atoms with van der Waals surface area (Å²) in [6, 6.07) is 15.8. The first kappa shape index (κ1) is 22.5. The molecule has 0 bridgehead atoms. The fourth-order valence-corrected chi connectivity index (χ4v) is 4.66. The van der Waals surface area contributed by atoms with Crippen molar-refractivity contribution in [1.29, 1.82) is 0 Å². The van der Waals surface area contributed by atoms with Crippen molar-refractivity contribution in [3.8, 4) is 0 Å². The van der Waals surface area contributed by atoms with Crippen molar-refractivity contribution in [2.45, 2.75) is 25.7 Å². The first-order valence-electron chi connectivity index (χ1n) is 9.39. The Morgan fingerprint density at radius 3 is 2.32 bits per heavy atom. The summed E-state index contributed by atoms with van der Waals surface area (Å²) in [7, 11) is -4.03. The summed E-state index contributed by atoms with van der Waals surface area (Å²) in [4.78, 5) is 24.0. The van der Waals surface area contributed by atoms with Crippen LogP contribution in [0.25, 0.3) is 0 Å². The summed E-state index contributed by atoms with van der Waals surface area (Å²) in [5, 5.41) is 2.66. The van der Waals surface area contributed by atoms with Crippen LogP contribution in [0.3, 0.4) is 0 Å². The Hall–Kier alpha value is -3.16. The third-order valence-electron chi connectivity index (χ3n) is 4.64. The third kappa shape index (κ3) is 5.31. The second-order valence-electron chi connectivity index (χ2n) is 7.16. The van der Waals surface area contributed by atoms with E-state index in [2.05, 4.69) is 10.0 Å². The number of hydrogen-bond acceptors (Lipinski definition) is 4.